The predicted octanol–water partition coefficient (Wildman–Crippen LogP) is 2.10. The number of pyridine rings is 1. The summed E-state index contributed by atoms with van der Waals surface area (Å²) in [6.45, 7) is 4.32. The molecule has 4 rings (SSSR count). The van der Waals surface area contributed by atoms with Crippen LogP contribution in [-0.2, 0) is 11.3 Å². The van der Waals surface area contributed by atoms with Crippen molar-refractivity contribution in [2.45, 2.75) is 6.54 Å². The fraction of sp³-hybridized carbons (Fsp3) is 0.385. The molecule has 1 amide bonds. The van der Waals surface area contributed by atoms with E-state index in [0.29, 0.717) is 34.2 Å². The molecule has 0 unspecified atom stereocenters. The number of β-amino-alcohol motifs (C(OH)–C–C–N with tert-alkyl or cyclic N) is 1. The first-order valence-corrected chi connectivity index (χ1v) is 13.3. The van der Waals surface area contributed by atoms with Crippen molar-refractivity contribution in [3.8, 4) is 5.75 Å². The lowest BCUT2D eigenvalue weighted by molar-refractivity contribution is -0.129. The Morgan fingerprint density at radius 1 is 1.15 bits per heavy atom. The van der Waals surface area contributed by atoms with Gasteiger partial charge in [-0.3, -0.25) is 14.5 Å². The van der Waals surface area contributed by atoms with Crippen molar-refractivity contribution < 1.29 is 14.6 Å². The molecule has 3 N–H and O–H groups in total. The summed E-state index contributed by atoms with van der Waals surface area (Å²) in [6.07, 6.45) is 3.16. The normalized spacial score (nSPS) is 13.7. The number of aromatic nitrogens is 3. The van der Waals surface area contributed by atoms with Gasteiger partial charge >= 0.3 is 0 Å². The summed E-state index contributed by atoms with van der Waals surface area (Å²) in [7, 11) is 4.90. The molecule has 1 aliphatic heterocycles. The van der Waals surface area contributed by atoms with E-state index in [2.05, 4.69) is 46.3 Å². The number of aliphatic hydroxyl groups excluding tert-OH is 1. The van der Waals surface area contributed by atoms with Gasteiger partial charge in [-0.25, -0.2) is 4.98 Å². The van der Waals surface area contributed by atoms with Gasteiger partial charge in [0, 0.05) is 71.0 Å². The third-order valence-corrected chi connectivity index (χ3v) is 6.99. The van der Waals surface area contributed by atoms with E-state index in [0.717, 1.165) is 31.9 Å². The van der Waals surface area contributed by atoms with Gasteiger partial charge in [0.1, 0.15) is 18.0 Å². The van der Waals surface area contributed by atoms with Crippen LogP contribution in [0.4, 0.5) is 28.8 Å². The zero-order valence-electron chi connectivity index (χ0n) is 22.2. The first-order valence-electron chi connectivity index (χ1n) is 12.5. The number of nitrogens with zero attached hydrogens (tertiary/aromatic N) is 6. The molecule has 12 nitrogen and oxygen atoms in total. The van der Waals surface area contributed by atoms with Gasteiger partial charge in [0.2, 0.25) is 11.9 Å². The number of rotatable bonds is 10. The maximum atomic E-state index is 12.9. The number of halogens is 1. The van der Waals surface area contributed by atoms with E-state index in [-0.39, 0.29) is 30.3 Å². The molecule has 0 spiro atoms. The highest BCUT2D eigenvalue weighted by Crippen LogP contribution is 2.32. The molecular formula is C26H33BrN8O4. The summed E-state index contributed by atoms with van der Waals surface area (Å²) in [6, 6.07) is 9.24. The van der Waals surface area contributed by atoms with Gasteiger partial charge < -0.3 is 34.8 Å². The van der Waals surface area contributed by atoms with Gasteiger partial charge in [0.15, 0.2) is 5.82 Å². The van der Waals surface area contributed by atoms with E-state index in [1.165, 1.54) is 9.47 Å². The monoisotopic (exact) mass is 600 g/mol. The third kappa shape index (κ3) is 7.05. The van der Waals surface area contributed by atoms with E-state index in [9.17, 15) is 14.7 Å². The van der Waals surface area contributed by atoms with Crippen LogP contribution in [0.15, 0.2) is 52.0 Å². The number of ether oxygens (including phenoxy) is 1. The zero-order valence-corrected chi connectivity index (χ0v) is 23.8. The van der Waals surface area contributed by atoms with Crippen LogP contribution >= 0.6 is 15.9 Å². The van der Waals surface area contributed by atoms with Crippen molar-refractivity contribution >= 4 is 50.7 Å². The number of anilines is 5. The number of carbonyl (C=O) groups excluding carboxylic acids is 1. The summed E-state index contributed by atoms with van der Waals surface area (Å²) in [4.78, 5) is 39.9. The predicted molar refractivity (Wildman–Crippen MR) is 154 cm³/mol. The first-order chi connectivity index (χ1) is 18.8. The molecule has 39 heavy (non-hydrogen) atoms. The summed E-state index contributed by atoms with van der Waals surface area (Å²) in [5.74, 6) is 1.15. The highest BCUT2D eigenvalue weighted by atomic mass is 79.9. The van der Waals surface area contributed by atoms with E-state index < -0.39 is 0 Å². The highest BCUT2D eigenvalue weighted by molar-refractivity contribution is 9.10. The number of hydrogen-bond donors (Lipinski definition) is 3. The fourth-order valence-corrected chi connectivity index (χ4v) is 4.45. The van der Waals surface area contributed by atoms with Crippen LogP contribution in [0.1, 0.15) is 0 Å². The zero-order chi connectivity index (χ0) is 27.9. The van der Waals surface area contributed by atoms with Crippen LogP contribution in [0.5, 0.6) is 5.75 Å². The molecule has 0 atom stereocenters. The van der Waals surface area contributed by atoms with Crippen LogP contribution in [0.3, 0.4) is 0 Å². The summed E-state index contributed by atoms with van der Waals surface area (Å²) >= 11 is 3.44. The van der Waals surface area contributed by atoms with Gasteiger partial charge in [-0.2, -0.15) is 4.98 Å². The van der Waals surface area contributed by atoms with Crippen LogP contribution in [-0.4, -0.2) is 95.9 Å². The smallest absolute Gasteiger partial charge is 0.274 e. The summed E-state index contributed by atoms with van der Waals surface area (Å²) < 4.78 is 7.56. The number of methoxy groups -OCH3 is 1. The molecule has 0 saturated carbocycles. The van der Waals surface area contributed by atoms with E-state index in [1.54, 1.807) is 45.7 Å². The van der Waals surface area contributed by atoms with Crippen molar-refractivity contribution in [3.05, 3.63) is 57.6 Å². The standard InChI is InChI=1S/C26H33BrN8O4/c1-32(2)23(37)17-35-8-4-5-21(25(35)38)29-24-19(27)16-28-26(31-24)30-20-7-6-18(15-22(20)39-3)34-11-9-33(10-12-34)13-14-36/h4-8,15-16,36H,9-14,17H2,1-3H3,(H2,28,29,30,31). The van der Waals surface area contributed by atoms with Crippen LogP contribution < -0.4 is 25.8 Å². The minimum atomic E-state index is -0.345. The summed E-state index contributed by atoms with van der Waals surface area (Å²) in [5, 5.41) is 15.4. The molecule has 208 valence electrons. The van der Waals surface area contributed by atoms with Gasteiger partial charge in [0.25, 0.3) is 5.56 Å². The lowest BCUT2D eigenvalue weighted by Gasteiger charge is -2.36. The third-order valence-electron chi connectivity index (χ3n) is 6.41. The average molecular weight is 602 g/mol. The second kappa shape index (κ2) is 12.9. The van der Waals surface area contributed by atoms with Gasteiger partial charge in [-0.05, 0) is 40.2 Å². The molecule has 13 heteroatoms. The van der Waals surface area contributed by atoms with Crippen LogP contribution in [0.2, 0.25) is 0 Å². The fourth-order valence-electron chi connectivity index (χ4n) is 4.16. The van der Waals surface area contributed by atoms with Gasteiger partial charge in [0.05, 0.1) is 23.9 Å². The van der Waals surface area contributed by atoms with Crippen molar-refractivity contribution in [2.75, 3.05) is 76.1 Å². The number of piperazine rings is 1. The highest BCUT2D eigenvalue weighted by Gasteiger charge is 2.18. The molecule has 1 fully saturated rings. The minimum Gasteiger partial charge on any atom is -0.494 e. The molecule has 1 aromatic carbocycles. The Hall–Kier alpha value is -3.68. The van der Waals surface area contributed by atoms with Gasteiger partial charge in [-0.1, -0.05) is 0 Å². The topological polar surface area (TPSA) is 128 Å². The molecule has 0 radical (unpaired) electrons. The quantitative estimate of drug-likeness (QED) is 0.318. The lowest BCUT2D eigenvalue weighted by Crippen LogP contribution is -2.47. The Labute approximate surface area is 235 Å². The Bertz CT molecular complexity index is 1360. The second-order valence-corrected chi connectivity index (χ2v) is 10.1. The SMILES string of the molecule is COc1cc(N2CCN(CCO)CC2)ccc1Nc1ncc(Br)c(Nc2cccn(CC(=O)N(C)C)c2=O)n1. The second-order valence-electron chi connectivity index (χ2n) is 9.22. The number of benzene rings is 1. The first kappa shape index (κ1) is 28.3. The Kier molecular flexibility index (Phi) is 9.38. The lowest BCUT2D eigenvalue weighted by atomic mass is 10.2. The minimum absolute atomic E-state index is 0.0623. The Morgan fingerprint density at radius 2 is 1.92 bits per heavy atom. The molecule has 0 aliphatic carbocycles. The Balaban J connectivity index is 1.50. The number of aliphatic hydroxyl groups is 1. The molecule has 2 aromatic heterocycles. The van der Waals surface area contributed by atoms with Crippen LogP contribution in [0, 0.1) is 0 Å². The van der Waals surface area contributed by atoms with E-state index in [1.807, 2.05) is 18.2 Å². The Morgan fingerprint density at radius 3 is 2.62 bits per heavy atom. The van der Waals surface area contributed by atoms with E-state index >= 15 is 0 Å². The van der Waals surface area contributed by atoms with Crippen molar-refractivity contribution in [2.24, 2.45) is 0 Å². The number of carbonyl (C=O) groups is 1. The number of likely N-dealkylation sites (N-methyl/N-ethyl adjacent to an activating group) is 1. The molecule has 3 aromatic rings. The van der Waals surface area contributed by atoms with E-state index in [4.69, 9.17) is 4.74 Å². The van der Waals surface area contributed by atoms with Crippen molar-refractivity contribution in [1.82, 2.24) is 24.3 Å². The molecule has 1 saturated heterocycles. The molecule has 1 aliphatic rings. The van der Waals surface area contributed by atoms with Crippen LogP contribution in [0.25, 0.3) is 0 Å². The maximum Gasteiger partial charge on any atom is 0.274 e. The average Bonchev–Trinajstić information content (AvgIpc) is 2.93. The van der Waals surface area contributed by atoms with Gasteiger partial charge in [-0.15, -0.1) is 0 Å². The molecule has 0 bridgehead atoms. The maximum absolute atomic E-state index is 12.9. The number of amides is 1. The van der Waals surface area contributed by atoms with Crippen molar-refractivity contribution in [1.29, 1.82) is 0 Å². The number of hydrogen-bond acceptors (Lipinski definition) is 10. The summed E-state index contributed by atoms with van der Waals surface area (Å²) in [5.41, 5.74) is 1.67. The number of nitrogens with one attached hydrogen (secondary N) is 2. The van der Waals surface area contributed by atoms with Crippen molar-refractivity contribution in [3.63, 3.8) is 0 Å². The molecule has 3 heterocycles. The molecular weight excluding hydrogens is 568 g/mol. The largest absolute Gasteiger partial charge is 0.494 e.